The molecule has 0 saturated carbocycles. The first kappa shape index (κ1) is 29.3. The molecule has 3 aromatic rings. The molecule has 1 aromatic heterocycles. The van der Waals surface area contributed by atoms with Gasteiger partial charge in [0.2, 0.25) is 5.91 Å². The Labute approximate surface area is 228 Å². The number of carbonyl (C=O) groups excluding carboxylic acids is 2. The van der Waals surface area contributed by atoms with Crippen LogP contribution in [0.1, 0.15) is 40.2 Å². The molecule has 0 saturated heterocycles. The van der Waals surface area contributed by atoms with E-state index in [0.29, 0.717) is 42.9 Å². The minimum atomic E-state index is -2.54. The standard InChI is InChI=1S/C28H30F2N2O4S2/c1-17(2)36-21-9-7-6-8-18(21)14-22-26(35)32(25(38-22)15-23(33)28(3,4)5)16-24(34)31-19-10-12-20(13-11-19)37-27(29)30/h6-15,17,27H,16H2,1-5H3,(H,31,34)/b22-14-,25-15-. The van der Waals surface area contributed by atoms with Gasteiger partial charge >= 0.3 is 0 Å². The third-order valence-corrected chi connectivity index (χ3v) is 6.95. The Morgan fingerprint density at radius 2 is 1.76 bits per heavy atom. The molecule has 0 atom stereocenters. The Balaban J connectivity index is 2.00. The predicted octanol–water partition coefficient (Wildman–Crippen LogP) is 4.87. The van der Waals surface area contributed by atoms with E-state index in [0.717, 1.165) is 11.3 Å². The van der Waals surface area contributed by atoms with Crippen LogP contribution < -0.4 is 24.8 Å². The van der Waals surface area contributed by atoms with Crippen LogP contribution >= 0.6 is 23.1 Å². The van der Waals surface area contributed by atoms with Gasteiger partial charge in [0, 0.05) is 27.6 Å². The Morgan fingerprint density at radius 3 is 2.37 bits per heavy atom. The Hall–Kier alpha value is -3.24. The predicted molar refractivity (Wildman–Crippen MR) is 149 cm³/mol. The second-order valence-corrected chi connectivity index (χ2v) is 11.9. The number of nitrogens with one attached hydrogen (secondary N) is 1. The molecule has 0 aliphatic heterocycles. The van der Waals surface area contributed by atoms with Crippen molar-refractivity contribution in [2.75, 3.05) is 5.32 Å². The second kappa shape index (κ2) is 12.5. The molecule has 6 nitrogen and oxygen atoms in total. The minimum absolute atomic E-state index is 0.0652. The molecule has 2 aromatic carbocycles. The number of thioether (sulfide) groups is 1. The number of ether oxygens (including phenoxy) is 1. The molecule has 1 heterocycles. The largest absolute Gasteiger partial charge is 0.490 e. The number of halogens is 2. The number of hydrogen-bond donors (Lipinski definition) is 1. The van der Waals surface area contributed by atoms with Crippen LogP contribution in [-0.2, 0) is 16.1 Å². The molecule has 0 spiro atoms. The van der Waals surface area contributed by atoms with Gasteiger partial charge < -0.3 is 10.1 Å². The lowest BCUT2D eigenvalue weighted by molar-refractivity contribution is -0.120. The number of aromatic nitrogens is 1. The molecule has 38 heavy (non-hydrogen) atoms. The number of alkyl halides is 2. The zero-order chi connectivity index (χ0) is 28.0. The summed E-state index contributed by atoms with van der Waals surface area (Å²) in [4.78, 5) is 39.4. The summed E-state index contributed by atoms with van der Waals surface area (Å²) in [6.07, 6.45) is 3.02. The summed E-state index contributed by atoms with van der Waals surface area (Å²) in [6.45, 7) is 8.81. The average molecular weight is 561 g/mol. The van der Waals surface area contributed by atoms with Crippen LogP contribution in [-0.4, -0.2) is 28.1 Å². The topological polar surface area (TPSA) is 77.4 Å². The van der Waals surface area contributed by atoms with Crippen LogP contribution in [0.25, 0.3) is 12.2 Å². The highest BCUT2D eigenvalue weighted by molar-refractivity contribution is 7.99. The van der Waals surface area contributed by atoms with E-state index in [2.05, 4.69) is 5.32 Å². The summed E-state index contributed by atoms with van der Waals surface area (Å²) in [5.41, 5.74) is 0.0136. The summed E-state index contributed by atoms with van der Waals surface area (Å²) < 4.78 is 32.9. The summed E-state index contributed by atoms with van der Waals surface area (Å²) in [5, 5.41) is 2.68. The first-order chi connectivity index (χ1) is 17.8. The highest BCUT2D eigenvalue weighted by Gasteiger charge is 2.20. The van der Waals surface area contributed by atoms with E-state index < -0.39 is 22.6 Å². The van der Waals surface area contributed by atoms with Crippen molar-refractivity contribution < 1.29 is 23.1 Å². The number of ketones is 1. The monoisotopic (exact) mass is 560 g/mol. The van der Waals surface area contributed by atoms with E-state index in [1.807, 2.05) is 38.1 Å². The summed E-state index contributed by atoms with van der Waals surface area (Å²) in [6, 6.07) is 13.3. The maximum absolute atomic E-state index is 13.4. The van der Waals surface area contributed by atoms with Crippen molar-refractivity contribution >= 4 is 52.6 Å². The molecule has 10 heteroatoms. The molecular formula is C28H30F2N2O4S2. The molecule has 0 fully saturated rings. The van der Waals surface area contributed by atoms with E-state index >= 15 is 0 Å². The second-order valence-electron chi connectivity index (χ2n) is 9.75. The lowest BCUT2D eigenvalue weighted by Gasteiger charge is -2.13. The Kier molecular flexibility index (Phi) is 9.67. The zero-order valence-corrected chi connectivity index (χ0v) is 23.4. The first-order valence-electron chi connectivity index (χ1n) is 11.9. The maximum atomic E-state index is 13.4. The lowest BCUT2D eigenvalue weighted by atomic mass is 9.91. The van der Waals surface area contributed by atoms with Crippen molar-refractivity contribution in [3.8, 4) is 5.75 Å². The lowest BCUT2D eigenvalue weighted by Crippen LogP contribution is -2.36. The smallest absolute Gasteiger partial charge is 0.288 e. The molecule has 0 aliphatic rings. The Bertz CT molecular complexity index is 1470. The number of benzene rings is 2. The van der Waals surface area contributed by atoms with Crippen molar-refractivity contribution in [2.45, 2.75) is 57.9 Å². The van der Waals surface area contributed by atoms with Crippen LogP contribution in [0.3, 0.4) is 0 Å². The van der Waals surface area contributed by atoms with Gasteiger partial charge in [-0.25, -0.2) is 0 Å². The summed E-state index contributed by atoms with van der Waals surface area (Å²) >= 11 is 1.53. The normalized spacial score (nSPS) is 12.9. The zero-order valence-electron chi connectivity index (χ0n) is 21.8. The maximum Gasteiger partial charge on any atom is 0.288 e. The number of para-hydroxylation sites is 1. The van der Waals surface area contributed by atoms with Gasteiger partial charge in [-0.05, 0) is 50.3 Å². The molecule has 0 bridgehead atoms. The quantitative estimate of drug-likeness (QED) is 0.378. The van der Waals surface area contributed by atoms with Crippen LogP contribution in [0.15, 0.2) is 58.2 Å². The van der Waals surface area contributed by atoms with Crippen molar-refractivity contribution in [3.63, 3.8) is 0 Å². The molecule has 0 radical (unpaired) electrons. The van der Waals surface area contributed by atoms with Crippen LogP contribution in [0.2, 0.25) is 0 Å². The van der Waals surface area contributed by atoms with Crippen LogP contribution in [0, 0.1) is 5.41 Å². The van der Waals surface area contributed by atoms with Gasteiger partial charge in [0.1, 0.15) is 17.0 Å². The molecular weight excluding hydrogens is 530 g/mol. The van der Waals surface area contributed by atoms with E-state index in [1.54, 1.807) is 26.8 Å². The molecule has 0 unspecified atom stereocenters. The fourth-order valence-corrected chi connectivity index (χ4v) is 4.82. The van der Waals surface area contributed by atoms with Gasteiger partial charge in [-0.2, -0.15) is 8.78 Å². The van der Waals surface area contributed by atoms with Crippen molar-refractivity contribution in [2.24, 2.45) is 5.41 Å². The van der Waals surface area contributed by atoms with Gasteiger partial charge in [-0.3, -0.25) is 19.0 Å². The summed E-state index contributed by atoms with van der Waals surface area (Å²) in [7, 11) is 0. The van der Waals surface area contributed by atoms with Gasteiger partial charge in [0.25, 0.3) is 11.3 Å². The first-order valence-corrected chi connectivity index (χ1v) is 13.6. The number of nitrogens with zero attached hydrogens (tertiary/aromatic N) is 1. The number of carbonyl (C=O) groups is 2. The third-order valence-electron chi connectivity index (χ3n) is 5.16. The van der Waals surface area contributed by atoms with Gasteiger partial charge in [-0.15, -0.1) is 11.3 Å². The fraction of sp³-hybridized carbons (Fsp3) is 0.321. The van der Waals surface area contributed by atoms with Crippen molar-refractivity contribution in [1.82, 2.24) is 4.57 Å². The third kappa shape index (κ3) is 8.13. The molecule has 1 N–H and O–H groups in total. The highest BCUT2D eigenvalue weighted by Crippen LogP contribution is 2.26. The van der Waals surface area contributed by atoms with E-state index in [-0.39, 0.29) is 18.4 Å². The summed E-state index contributed by atoms with van der Waals surface area (Å²) in [5.74, 6) is -2.60. The number of thiazole rings is 1. The molecule has 202 valence electrons. The van der Waals surface area contributed by atoms with Gasteiger partial charge in [0.05, 0.1) is 10.6 Å². The minimum Gasteiger partial charge on any atom is -0.490 e. The number of anilines is 1. The fourth-order valence-electron chi connectivity index (χ4n) is 3.29. The van der Waals surface area contributed by atoms with E-state index in [4.69, 9.17) is 4.74 Å². The van der Waals surface area contributed by atoms with E-state index in [9.17, 15) is 23.2 Å². The highest BCUT2D eigenvalue weighted by atomic mass is 32.2. The van der Waals surface area contributed by atoms with E-state index in [1.165, 1.54) is 34.9 Å². The number of amides is 1. The molecule has 3 rings (SSSR count). The van der Waals surface area contributed by atoms with Crippen LogP contribution in [0.4, 0.5) is 14.5 Å². The Morgan fingerprint density at radius 1 is 1.11 bits per heavy atom. The van der Waals surface area contributed by atoms with Crippen molar-refractivity contribution in [3.05, 3.63) is 73.6 Å². The average Bonchev–Trinajstić information content (AvgIpc) is 3.09. The van der Waals surface area contributed by atoms with Gasteiger partial charge in [0.15, 0.2) is 5.78 Å². The van der Waals surface area contributed by atoms with Gasteiger partial charge in [-0.1, -0.05) is 50.7 Å². The van der Waals surface area contributed by atoms with Crippen molar-refractivity contribution in [1.29, 1.82) is 0 Å². The number of hydrogen-bond acceptors (Lipinski definition) is 6. The number of rotatable bonds is 9. The number of Topliss-reactive ketones (excluding diaryl/α,β-unsaturated/α-hetero) is 1. The SMILES string of the molecule is CC(C)Oc1ccccc1/C=c1\s/c(=C\C(=O)C(C)(C)C)n(CC(=O)Nc2ccc(SC(F)F)cc2)c1=O. The molecule has 1 amide bonds. The molecule has 0 aliphatic carbocycles. The van der Waals surface area contributed by atoms with Crippen LogP contribution in [0.5, 0.6) is 5.75 Å².